The number of thioether (sulfide) groups is 1. The number of aromatic nitrogens is 2. The molecule has 146 valence electrons. The molecule has 3 aromatic rings. The Labute approximate surface area is 167 Å². The summed E-state index contributed by atoms with van der Waals surface area (Å²) in [6.07, 6.45) is 0.734. The van der Waals surface area contributed by atoms with E-state index in [0.29, 0.717) is 40.5 Å². The van der Waals surface area contributed by atoms with Crippen molar-refractivity contribution in [3.63, 3.8) is 0 Å². The molecule has 3 rings (SSSR count). The number of hydrogen-bond acceptors (Lipinski definition) is 6. The second-order valence-electron chi connectivity index (χ2n) is 6.19. The summed E-state index contributed by atoms with van der Waals surface area (Å²) in [5.41, 5.74) is 2.20. The number of methoxy groups -OCH3 is 2. The van der Waals surface area contributed by atoms with E-state index in [1.807, 2.05) is 30.3 Å². The first-order chi connectivity index (χ1) is 13.6. The van der Waals surface area contributed by atoms with Crippen molar-refractivity contribution in [1.82, 2.24) is 9.55 Å². The maximum atomic E-state index is 12.9. The van der Waals surface area contributed by atoms with Gasteiger partial charge in [-0.3, -0.25) is 9.36 Å². The minimum absolute atomic E-state index is 0.0368. The van der Waals surface area contributed by atoms with Gasteiger partial charge in [0, 0.05) is 26.0 Å². The third kappa shape index (κ3) is 4.61. The normalized spacial score (nSPS) is 10.9. The number of ether oxygens (including phenoxy) is 2. The molecule has 0 atom stereocenters. The van der Waals surface area contributed by atoms with Gasteiger partial charge >= 0.3 is 5.97 Å². The van der Waals surface area contributed by atoms with Crippen molar-refractivity contribution in [2.75, 3.05) is 20.8 Å². The molecule has 0 unspecified atom stereocenters. The Morgan fingerprint density at radius 2 is 1.86 bits per heavy atom. The molecule has 0 spiro atoms. The molecule has 0 saturated heterocycles. The zero-order valence-corrected chi connectivity index (χ0v) is 16.7. The van der Waals surface area contributed by atoms with Crippen molar-refractivity contribution in [3.05, 3.63) is 70.0 Å². The lowest BCUT2D eigenvalue weighted by Crippen LogP contribution is -2.24. The van der Waals surface area contributed by atoms with Crippen molar-refractivity contribution in [2.24, 2.45) is 0 Å². The number of fused-ring (bicyclic) bond motifs is 1. The number of rotatable bonds is 8. The van der Waals surface area contributed by atoms with Gasteiger partial charge in [0.05, 0.1) is 23.6 Å². The Morgan fingerprint density at radius 3 is 2.57 bits per heavy atom. The Bertz CT molecular complexity index is 1020. The number of esters is 1. The number of hydrogen-bond donors (Lipinski definition) is 0. The molecule has 0 aliphatic heterocycles. The second-order valence-corrected chi connectivity index (χ2v) is 7.13. The SMILES string of the molecule is COCCCn1c(SCc2ccc(C(=O)OC)cc2)nc2ccccc2c1=O. The molecular formula is C21H22N2O4S. The van der Waals surface area contributed by atoms with Gasteiger partial charge in [-0.1, -0.05) is 36.0 Å². The van der Waals surface area contributed by atoms with Crippen LogP contribution < -0.4 is 5.56 Å². The Kier molecular flexibility index (Phi) is 6.84. The quantitative estimate of drug-likeness (QED) is 0.250. The van der Waals surface area contributed by atoms with Gasteiger partial charge in [-0.05, 0) is 36.2 Å². The molecule has 1 aromatic heterocycles. The van der Waals surface area contributed by atoms with Crippen LogP contribution in [0.4, 0.5) is 0 Å². The van der Waals surface area contributed by atoms with E-state index in [2.05, 4.69) is 0 Å². The van der Waals surface area contributed by atoms with Crippen LogP contribution >= 0.6 is 11.8 Å². The standard InChI is InChI=1S/C21H22N2O4S/c1-26-13-5-12-23-19(24)17-6-3-4-7-18(17)22-21(23)28-14-15-8-10-16(11-9-15)20(25)27-2/h3-4,6-11H,5,12-14H2,1-2H3. The van der Waals surface area contributed by atoms with Gasteiger partial charge in [0.15, 0.2) is 5.16 Å². The molecule has 0 amide bonds. The fourth-order valence-electron chi connectivity index (χ4n) is 2.82. The van der Waals surface area contributed by atoms with Gasteiger partial charge in [-0.25, -0.2) is 9.78 Å². The van der Waals surface area contributed by atoms with E-state index < -0.39 is 0 Å². The Balaban J connectivity index is 1.85. The van der Waals surface area contributed by atoms with E-state index in [1.165, 1.54) is 18.9 Å². The van der Waals surface area contributed by atoms with E-state index in [4.69, 9.17) is 14.5 Å². The summed E-state index contributed by atoms with van der Waals surface area (Å²) in [4.78, 5) is 29.2. The van der Waals surface area contributed by atoms with Crippen LogP contribution in [0.25, 0.3) is 10.9 Å². The molecule has 1 heterocycles. The Morgan fingerprint density at radius 1 is 1.11 bits per heavy atom. The van der Waals surface area contributed by atoms with Crippen LogP contribution in [0.5, 0.6) is 0 Å². The zero-order chi connectivity index (χ0) is 19.9. The number of para-hydroxylation sites is 1. The van der Waals surface area contributed by atoms with Crippen molar-refractivity contribution in [1.29, 1.82) is 0 Å². The summed E-state index contributed by atoms with van der Waals surface area (Å²) < 4.78 is 11.6. The summed E-state index contributed by atoms with van der Waals surface area (Å²) >= 11 is 1.50. The van der Waals surface area contributed by atoms with Crippen LogP contribution in [-0.4, -0.2) is 36.3 Å². The molecule has 6 nitrogen and oxygen atoms in total. The van der Waals surface area contributed by atoms with Gasteiger partial charge in [-0.15, -0.1) is 0 Å². The van der Waals surface area contributed by atoms with Crippen molar-refractivity contribution in [3.8, 4) is 0 Å². The first-order valence-corrected chi connectivity index (χ1v) is 9.91. The summed E-state index contributed by atoms with van der Waals surface area (Å²) in [6, 6.07) is 14.6. The average Bonchev–Trinajstić information content (AvgIpc) is 2.74. The molecule has 0 fully saturated rings. The molecular weight excluding hydrogens is 376 g/mol. The van der Waals surface area contributed by atoms with Crippen LogP contribution in [-0.2, 0) is 21.8 Å². The third-order valence-electron chi connectivity index (χ3n) is 4.30. The highest BCUT2D eigenvalue weighted by atomic mass is 32.2. The van der Waals surface area contributed by atoms with E-state index >= 15 is 0 Å². The zero-order valence-electron chi connectivity index (χ0n) is 15.9. The number of carbonyl (C=O) groups is 1. The first kappa shape index (κ1) is 20.1. The lowest BCUT2D eigenvalue weighted by Gasteiger charge is -2.13. The van der Waals surface area contributed by atoms with Gasteiger partial charge in [0.25, 0.3) is 5.56 Å². The van der Waals surface area contributed by atoms with Crippen LogP contribution in [0, 0.1) is 0 Å². The first-order valence-electron chi connectivity index (χ1n) is 8.92. The predicted molar refractivity (Wildman–Crippen MR) is 110 cm³/mol. The lowest BCUT2D eigenvalue weighted by atomic mass is 10.1. The number of nitrogens with zero attached hydrogens (tertiary/aromatic N) is 2. The number of carbonyl (C=O) groups excluding carboxylic acids is 1. The van der Waals surface area contributed by atoms with Crippen LogP contribution in [0.1, 0.15) is 22.3 Å². The van der Waals surface area contributed by atoms with Crippen molar-refractivity contribution in [2.45, 2.75) is 23.9 Å². The molecule has 0 radical (unpaired) electrons. The van der Waals surface area contributed by atoms with E-state index in [9.17, 15) is 9.59 Å². The molecule has 0 bridgehead atoms. The molecule has 0 saturated carbocycles. The van der Waals surface area contributed by atoms with Crippen LogP contribution in [0.15, 0.2) is 58.5 Å². The van der Waals surface area contributed by atoms with Crippen molar-refractivity contribution >= 4 is 28.6 Å². The van der Waals surface area contributed by atoms with E-state index in [0.717, 1.165) is 12.0 Å². The average molecular weight is 398 g/mol. The Hall–Kier alpha value is -2.64. The highest BCUT2D eigenvalue weighted by Crippen LogP contribution is 2.23. The lowest BCUT2D eigenvalue weighted by molar-refractivity contribution is 0.0600. The minimum Gasteiger partial charge on any atom is -0.465 e. The fraction of sp³-hybridized carbons (Fsp3) is 0.286. The van der Waals surface area contributed by atoms with Crippen molar-refractivity contribution < 1.29 is 14.3 Å². The minimum atomic E-state index is -0.359. The van der Waals surface area contributed by atoms with E-state index in [1.54, 1.807) is 29.9 Å². The molecule has 0 N–H and O–H groups in total. The molecule has 7 heteroatoms. The summed E-state index contributed by atoms with van der Waals surface area (Å²) in [7, 11) is 3.01. The van der Waals surface area contributed by atoms with Gasteiger partial charge in [0.2, 0.25) is 0 Å². The van der Waals surface area contributed by atoms with Gasteiger partial charge < -0.3 is 9.47 Å². The number of benzene rings is 2. The smallest absolute Gasteiger partial charge is 0.337 e. The predicted octanol–water partition coefficient (Wildman–Crippen LogP) is 3.51. The van der Waals surface area contributed by atoms with Crippen LogP contribution in [0.3, 0.4) is 0 Å². The third-order valence-corrected chi connectivity index (χ3v) is 5.35. The topological polar surface area (TPSA) is 70.4 Å². The van der Waals surface area contributed by atoms with Gasteiger partial charge in [0.1, 0.15) is 0 Å². The van der Waals surface area contributed by atoms with Crippen LogP contribution in [0.2, 0.25) is 0 Å². The monoisotopic (exact) mass is 398 g/mol. The largest absolute Gasteiger partial charge is 0.465 e. The summed E-state index contributed by atoms with van der Waals surface area (Å²) in [5.74, 6) is 0.277. The molecule has 28 heavy (non-hydrogen) atoms. The maximum Gasteiger partial charge on any atom is 0.337 e. The highest BCUT2D eigenvalue weighted by molar-refractivity contribution is 7.98. The maximum absolute atomic E-state index is 12.9. The second kappa shape index (κ2) is 9.52. The summed E-state index contributed by atoms with van der Waals surface area (Å²) in [6.45, 7) is 1.13. The van der Waals surface area contributed by atoms with Gasteiger partial charge in [-0.2, -0.15) is 0 Å². The fourth-order valence-corrected chi connectivity index (χ4v) is 3.81. The highest BCUT2D eigenvalue weighted by Gasteiger charge is 2.12. The van der Waals surface area contributed by atoms with E-state index in [-0.39, 0.29) is 11.5 Å². The molecule has 2 aromatic carbocycles. The summed E-state index contributed by atoms with van der Waals surface area (Å²) in [5, 5.41) is 1.29. The molecule has 0 aliphatic carbocycles. The molecule has 0 aliphatic rings.